The molecule has 2 aromatic carbocycles. The third kappa shape index (κ3) is 4.11. The molecule has 10 heteroatoms. The highest BCUT2D eigenvalue weighted by atomic mass is 35.5. The highest BCUT2D eigenvalue weighted by molar-refractivity contribution is 6.30. The van der Waals surface area contributed by atoms with Crippen LogP contribution in [-0.2, 0) is 13.0 Å². The summed E-state index contributed by atoms with van der Waals surface area (Å²) in [6.45, 7) is 2.54. The summed E-state index contributed by atoms with van der Waals surface area (Å²) >= 11 is 6.06. The van der Waals surface area contributed by atoms with Gasteiger partial charge >= 0.3 is 0 Å². The zero-order valence-corrected chi connectivity index (χ0v) is 18.7. The lowest BCUT2D eigenvalue weighted by Gasteiger charge is -2.10. The van der Waals surface area contributed by atoms with Gasteiger partial charge in [-0.1, -0.05) is 29.3 Å². The maximum atomic E-state index is 14.6. The van der Waals surface area contributed by atoms with E-state index < -0.39 is 11.7 Å². The zero-order valence-electron chi connectivity index (χ0n) is 17.9. The van der Waals surface area contributed by atoms with Crippen LogP contribution in [0.3, 0.4) is 0 Å². The lowest BCUT2D eigenvalue weighted by atomic mass is 10.1. The van der Waals surface area contributed by atoms with Crippen LogP contribution in [0, 0.1) is 12.7 Å². The van der Waals surface area contributed by atoms with Gasteiger partial charge in [0.15, 0.2) is 11.5 Å². The Morgan fingerprint density at radius 2 is 1.97 bits per heavy atom. The van der Waals surface area contributed by atoms with E-state index in [0.29, 0.717) is 27.8 Å². The van der Waals surface area contributed by atoms with Gasteiger partial charge in [0.1, 0.15) is 11.6 Å². The van der Waals surface area contributed by atoms with Gasteiger partial charge in [-0.15, -0.1) is 15.3 Å². The molecule has 0 fully saturated rings. The van der Waals surface area contributed by atoms with Crippen LogP contribution in [0.15, 0.2) is 42.5 Å². The van der Waals surface area contributed by atoms with Crippen molar-refractivity contribution in [2.75, 3.05) is 5.32 Å². The second-order valence-electron chi connectivity index (χ2n) is 7.97. The number of aryl methyl sites for hydroxylation is 1. The first-order valence-electron chi connectivity index (χ1n) is 10.7. The fourth-order valence-corrected chi connectivity index (χ4v) is 4.22. The maximum Gasteiger partial charge on any atom is 0.278 e. The number of hydrogen-bond acceptors (Lipinski definition) is 5. The first-order valence-corrected chi connectivity index (χ1v) is 11.1. The number of benzene rings is 2. The van der Waals surface area contributed by atoms with Crippen LogP contribution in [-0.4, -0.2) is 35.7 Å². The fraction of sp³-hybridized carbons (Fsp3) is 0.261. The topological polar surface area (TPSA) is 90.5 Å². The molecule has 2 aromatic heterocycles. The van der Waals surface area contributed by atoms with Gasteiger partial charge in [0.05, 0.1) is 17.1 Å². The van der Waals surface area contributed by atoms with E-state index in [1.807, 2.05) is 0 Å². The van der Waals surface area contributed by atoms with E-state index >= 15 is 0 Å². The number of rotatable bonds is 4. The van der Waals surface area contributed by atoms with E-state index in [2.05, 4.69) is 30.4 Å². The average Bonchev–Trinajstić information content (AvgIpc) is 3.30. The number of hydrogen-bond donors (Lipinski definition) is 1. The normalized spacial score (nSPS) is 13.4. The molecule has 8 nitrogen and oxygen atoms in total. The Morgan fingerprint density at radius 3 is 2.82 bits per heavy atom. The van der Waals surface area contributed by atoms with E-state index in [4.69, 9.17) is 11.6 Å². The number of amides is 1. The zero-order chi connectivity index (χ0) is 22.9. The summed E-state index contributed by atoms with van der Waals surface area (Å²) < 4.78 is 18.2. The highest BCUT2D eigenvalue weighted by Gasteiger charge is 2.21. The van der Waals surface area contributed by atoms with E-state index in [1.54, 1.807) is 43.3 Å². The Labute approximate surface area is 194 Å². The lowest BCUT2D eigenvalue weighted by Crippen LogP contribution is -2.15. The Kier molecular flexibility index (Phi) is 5.63. The minimum Gasteiger partial charge on any atom is -0.318 e. The van der Waals surface area contributed by atoms with Crippen molar-refractivity contribution in [1.82, 2.24) is 29.8 Å². The van der Waals surface area contributed by atoms with Crippen LogP contribution >= 0.6 is 11.6 Å². The Morgan fingerprint density at radius 1 is 1.09 bits per heavy atom. The summed E-state index contributed by atoms with van der Waals surface area (Å²) in [5.74, 6) is 0.496. The summed E-state index contributed by atoms with van der Waals surface area (Å²) in [4.78, 5) is 12.9. The minimum absolute atomic E-state index is 0.0418. The first kappa shape index (κ1) is 21.3. The molecule has 168 valence electrons. The van der Waals surface area contributed by atoms with Gasteiger partial charge in [0.2, 0.25) is 0 Å². The first-order chi connectivity index (χ1) is 16.0. The fourth-order valence-electron chi connectivity index (χ4n) is 4.03. The molecule has 1 amide bonds. The molecule has 0 aliphatic carbocycles. The molecule has 1 aliphatic heterocycles. The highest BCUT2D eigenvalue weighted by Crippen LogP contribution is 2.27. The van der Waals surface area contributed by atoms with E-state index in [-0.39, 0.29) is 11.4 Å². The van der Waals surface area contributed by atoms with E-state index in [0.717, 1.165) is 38.1 Å². The van der Waals surface area contributed by atoms with Crippen molar-refractivity contribution in [3.63, 3.8) is 0 Å². The molecule has 4 aromatic rings. The molecular formula is C23H21ClFN7O. The molecule has 0 unspecified atom stereocenters. The third-order valence-electron chi connectivity index (χ3n) is 5.74. The molecule has 0 atom stereocenters. The molecule has 0 spiro atoms. The van der Waals surface area contributed by atoms with E-state index in [9.17, 15) is 9.18 Å². The van der Waals surface area contributed by atoms with Crippen molar-refractivity contribution in [3.05, 3.63) is 70.5 Å². The second-order valence-corrected chi connectivity index (χ2v) is 8.40. The van der Waals surface area contributed by atoms with Crippen molar-refractivity contribution in [3.8, 4) is 17.1 Å². The monoisotopic (exact) mass is 465 g/mol. The van der Waals surface area contributed by atoms with Crippen LogP contribution in [0.2, 0.25) is 5.02 Å². The van der Waals surface area contributed by atoms with Gasteiger partial charge in [0, 0.05) is 23.6 Å². The molecular weight excluding hydrogens is 445 g/mol. The molecule has 0 saturated carbocycles. The number of carbonyl (C=O) groups is 1. The predicted molar refractivity (Wildman–Crippen MR) is 122 cm³/mol. The number of halogens is 2. The Balaban J connectivity index is 1.43. The SMILES string of the molecule is Cc1c(C(=O)Nc2cc(-c3nnc4n3CCCCC4)ccc2F)nnn1-c1cccc(Cl)c1. The summed E-state index contributed by atoms with van der Waals surface area (Å²) in [7, 11) is 0. The Hall–Kier alpha value is -3.59. The van der Waals surface area contributed by atoms with Crippen LogP contribution in [0.1, 0.15) is 41.3 Å². The number of nitrogens with zero attached hydrogens (tertiary/aromatic N) is 6. The average molecular weight is 466 g/mol. The predicted octanol–water partition coefficient (Wildman–Crippen LogP) is 4.61. The molecule has 3 heterocycles. The summed E-state index contributed by atoms with van der Waals surface area (Å²) in [5, 5.41) is 19.8. The minimum atomic E-state index is -0.558. The molecule has 0 saturated heterocycles. The van der Waals surface area contributed by atoms with Gasteiger partial charge in [-0.05, 0) is 56.2 Å². The van der Waals surface area contributed by atoms with Crippen molar-refractivity contribution < 1.29 is 9.18 Å². The summed E-state index contributed by atoms with van der Waals surface area (Å²) in [6, 6.07) is 11.6. The van der Waals surface area contributed by atoms with Crippen molar-refractivity contribution in [2.24, 2.45) is 0 Å². The number of fused-ring (bicyclic) bond motifs is 1. The van der Waals surface area contributed by atoms with Crippen LogP contribution in [0.25, 0.3) is 17.1 Å². The summed E-state index contributed by atoms with van der Waals surface area (Å²) in [5.41, 5.74) is 2.00. The van der Waals surface area contributed by atoms with Crippen LogP contribution < -0.4 is 5.32 Å². The number of nitrogens with one attached hydrogen (secondary N) is 1. The summed E-state index contributed by atoms with van der Waals surface area (Å²) in [6.07, 6.45) is 4.14. The Bertz CT molecular complexity index is 1350. The van der Waals surface area contributed by atoms with Crippen LogP contribution in [0.5, 0.6) is 0 Å². The quantitative estimate of drug-likeness (QED) is 0.475. The van der Waals surface area contributed by atoms with Crippen molar-refractivity contribution in [1.29, 1.82) is 0 Å². The maximum absolute atomic E-state index is 14.6. The van der Waals surface area contributed by atoms with Gasteiger partial charge in [-0.2, -0.15) is 0 Å². The number of aromatic nitrogens is 6. The van der Waals surface area contributed by atoms with Crippen molar-refractivity contribution in [2.45, 2.75) is 39.2 Å². The number of carbonyl (C=O) groups excluding carboxylic acids is 1. The largest absolute Gasteiger partial charge is 0.318 e. The van der Waals surface area contributed by atoms with Gasteiger partial charge < -0.3 is 9.88 Å². The van der Waals surface area contributed by atoms with E-state index in [1.165, 1.54) is 10.7 Å². The smallest absolute Gasteiger partial charge is 0.278 e. The molecule has 1 aliphatic rings. The molecule has 0 bridgehead atoms. The molecule has 0 radical (unpaired) electrons. The lowest BCUT2D eigenvalue weighted by molar-refractivity contribution is 0.102. The molecule has 5 rings (SSSR count). The standard InChI is InChI=1S/C23H21ClFN7O/c1-14-21(28-30-32(14)17-7-5-6-16(24)13-17)23(33)26-19-12-15(9-10-18(19)25)22-29-27-20-8-3-2-4-11-31(20)22/h5-7,9-10,12-13H,2-4,8,11H2,1H3,(H,26,33). The molecule has 33 heavy (non-hydrogen) atoms. The van der Waals surface area contributed by atoms with Gasteiger partial charge in [-0.3, -0.25) is 4.79 Å². The third-order valence-corrected chi connectivity index (χ3v) is 5.98. The van der Waals surface area contributed by atoms with Crippen molar-refractivity contribution >= 4 is 23.2 Å². The van der Waals surface area contributed by atoms with Crippen LogP contribution in [0.4, 0.5) is 10.1 Å². The van der Waals surface area contributed by atoms with Gasteiger partial charge in [-0.25, -0.2) is 9.07 Å². The number of anilines is 1. The second kappa shape index (κ2) is 8.74. The van der Waals surface area contributed by atoms with Gasteiger partial charge in [0.25, 0.3) is 5.91 Å². The molecule has 1 N–H and O–H groups in total.